The van der Waals surface area contributed by atoms with Gasteiger partial charge in [-0.3, -0.25) is 4.79 Å². The lowest BCUT2D eigenvalue weighted by Crippen LogP contribution is -2.47. The zero-order chi connectivity index (χ0) is 20.1. The van der Waals surface area contributed by atoms with E-state index in [2.05, 4.69) is 41.5 Å². The lowest BCUT2D eigenvalue weighted by atomic mass is 9.60. The van der Waals surface area contributed by atoms with Gasteiger partial charge in [0, 0.05) is 13.2 Å². The number of esters is 1. The molecule has 0 amide bonds. The molecule has 4 nitrogen and oxygen atoms in total. The van der Waals surface area contributed by atoms with Gasteiger partial charge < -0.3 is 14.2 Å². The molecule has 1 heterocycles. The number of ether oxygens (including phenoxy) is 3. The monoisotopic (exact) mass is 382 g/mol. The van der Waals surface area contributed by atoms with Crippen molar-refractivity contribution in [3.63, 3.8) is 0 Å². The maximum atomic E-state index is 13.1. The van der Waals surface area contributed by atoms with Crippen LogP contribution in [0.4, 0.5) is 0 Å². The largest absolute Gasteiger partial charge is 0.462 e. The molecule has 0 spiro atoms. The normalized spacial score (nSPS) is 30.8. The molecule has 1 aliphatic carbocycles. The topological polar surface area (TPSA) is 44.8 Å². The molecule has 1 aliphatic heterocycles. The van der Waals surface area contributed by atoms with Gasteiger partial charge in [-0.05, 0) is 42.9 Å². The zero-order valence-electron chi connectivity index (χ0n) is 18.5. The summed E-state index contributed by atoms with van der Waals surface area (Å²) in [6.45, 7) is 15.1. The van der Waals surface area contributed by atoms with Gasteiger partial charge in [0.15, 0.2) is 0 Å². The Kier molecular flexibility index (Phi) is 8.18. The van der Waals surface area contributed by atoms with Crippen molar-refractivity contribution in [3.05, 3.63) is 0 Å². The van der Waals surface area contributed by atoms with E-state index in [1.165, 1.54) is 25.7 Å². The Bertz CT molecular complexity index is 451. The number of rotatable bonds is 5. The maximum Gasteiger partial charge on any atom is 0.312 e. The molecule has 1 saturated carbocycles. The smallest absolute Gasteiger partial charge is 0.312 e. The molecular formula is C23H42O4. The minimum atomic E-state index is -0.518. The first-order valence-corrected chi connectivity index (χ1v) is 11.1. The van der Waals surface area contributed by atoms with E-state index in [0.717, 1.165) is 32.0 Å². The minimum absolute atomic E-state index is 0.110. The Morgan fingerprint density at radius 3 is 2.37 bits per heavy atom. The van der Waals surface area contributed by atoms with Gasteiger partial charge in [-0.2, -0.15) is 0 Å². The molecule has 0 aromatic carbocycles. The molecular weight excluding hydrogens is 340 g/mol. The van der Waals surface area contributed by atoms with E-state index in [1.54, 1.807) is 0 Å². The second-order valence-electron chi connectivity index (χ2n) is 9.98. The van der Waals surface area contributed by atoms with Crippen molar-refractivity contribution < 1.29 is 19.0 Å². The highest BCUT2D eigenvalue weighted by molar-refractivity contribution is 5.77. The Labute approximate surface area is 166 Å². The quantitative estimate of drug-likeness (QED) is 0.610. The van der Waals surface area contributed by atoms with Gasteiger partial charge in [0.2, 0.25) is 0 Å². The van der Waals surface area contributed by atoms with Gasteiger partial charge in [-0.1, -0.05) is 60.3 Å². The maximum absolute atomic E-state index is 13.1. The molecule has 1 saturated heterocycles. The van der Waals surface area contributed by atoms with Crippen LogP contribution in [-0.2, 0) is 19.0 Å². The summed E-state index contributed by atoms with van der Waals surface area (Å²) >= 11 is 0. The molecule has 0 bridgehead atoms. The van der Waals surface area contributed by atoms with Crippen molar-refractivity contribution in [2.24, 2.45) is 28.6 Å². The van der Waals surface area contributed by atoms with E-state index in [9.17, 15) is 4.79 Å². The number of fused-ring (bicyclic) bond motifs is 1. The lowest BCUT2D eigenvalue weighted by Gasteiger charge is -2.44. The molecule has 0 radical (unpaired) electrons. The molecule has 0 N–H and O–H groups in total. The number of hydrogen-bond acceptors (Lipinski definition) is 4. The number of hydrogen-bond donors (Lipinski definition) is 0. The second-order valence-corrected chi connectivity index (χ2v) is 9.98. The highest BCUT2D eigenvalue weighted by atomic mass is 16.6. The Balaban J connectivity index is 1.92. The summed E-state index contributed by atoms with van der Waals surface area (Å²) in [6, 6.07) is 0. The minimum Gasteiger partial charge on any atom is -0.462 e. The van der Waals surface area contributed by atoms with Crippen LogP contribution < -0.4 is 0 Å². The number of carbonyl (C=O) groups is 1. The SMILES string of the molecule is CCC(C)C(C)(C(=O)OCC1COCC2CCCCC2CCO1)C(C)(C)C. The second kappa shape index (κ2) is 9.73. The summed E-state index contributed by atoms with van der Waals surface area (Å²) in [6.07, 6.45) is 7.14. The molecule has 5 atom stereocenters. The van der Waals surface area contributed by atoms with Crippen LogP contribution in [-0.4, -0.2) is 38.5 Å². The van der Waals surface area contributed by atoms with Gasteiger partial charge >= 0.3 is 5.97 Å². The fourth-order valence-corrected chi connectivity index (χ4v) is 4.74. The third-order valence-corrected chi connectivity index (χ3v) is 7.52. The van der Waals surface area contributed by atoms with Crippen molar-refractivity contribution in [2.75, 3.05) is 26.4 Å². The van der Waals surface area contributed by atoms with Crippen LogP contribution in [0, 0.1) is 28.6 Å². The molecule has 2 fully saturated rings. The average Bonchev–Trinajstić information content (AvgIpc) is 2.73. The highest BCUT2D eigenvalue weighted by Gasteiger charge is 2.49. The third kappa shape index (κ3) is 5.47. The van der Waals surface area contributed by atoms with E-state index in [4.69, 9.17) is 14.2 Å². The average molecular weight is 383 g/mol. The first-order chi connectivity index (χ1) is 12.7. The summed E-state index contributed by atoms with van der Waals surface area (Å²) in [7, 11) is 0. The molecule has 5 unspecified atom stereocenters. The van der Waals surface area contributed by atoms with E-state index in [1.807, 2.05) is 0 Å². The van der Waals surface area contributed by atoms with E-state index in [-0.39, 0.29) is 30.0 Å². The van der Waals surface area contributed by atoms with Crippen molar-refractivity contribution in [1.29, 1.82) is 0 Å². The molecule has 27 heavy (non-hydrogen) atoms. The molecule has 2 aliphatic rings. The van der Waals surface area contributed by atoms with Crippen LogP contribution in [0.15, 0.2) is 0 Å². The van der Waals surface area contributed by atoms with Crippen LogP contribution in [0.2, 0.25) is 0 Å². The predicted molar refractivity (Wildman–Crippen MR) is 109 cm³/mol. The van der Waals surface area contributed by atoms with Gasteiger partial charge in [-0.15, -0.1) is 0 Å². The fourth-order valence-electron chi connectivity index (χ4n) is 4.74. The lowest BCUT2D eigenvalue weighted by molar-refractivity contribution is -0.172. The Morgan fingerprint density at radius 1 is 1.07 bits per heavy atom. The van der Waals surface area contributed by atoms with Gasteiger partial charge in [0.05, 0.1) is 12.0 Å². The van der Waals surface area contributed by atoms with Gasteiger partial charge in [-0.25, -0.2) is 0 Å². The molecule has 158 valence electrons. The zero-order valence-corrected chi connectivity index (χ0v) is 18.5. The van der Waals surface area contributed by atoms with Crippen molar-refractivity contribution >= 4 is 5.97 Å². The Hall–Kier alpha value is -0.610. The molecule has 0 aromatic heterocycles. The summed E-state index contributed by atoms with van der Waals surface area (Å²) in [5, 5.41) is 0. The van der Waals surface area contributed by atoms with Crippen LogP contribution in [0.5, 0.6) is 0 Å². The first-order valence-electron chi connectivity index (χ1n) is 11.1. The Morgan fingerprint density at radius 2 is 1.74 bits per heavy atom. The summed E-state index contributed by atoms with van der Waals surface area (Å²) in [5.74, 6) is 1.56. The molecule has 4 heteroatoms. The van der Waals surface area contributed by atoms with Crippen molar-refractivity contribution in [2.45, 2.75) is 86.2 Å². The first kappa shape index (κ1) is 22.7. The van der Waals surface area contributed by atoms with Crippen LogP contribution in [0.1, 0.15) is 80.1 Å². The standard InChI is InChI=1S/C23H42O4/c1-7-17(2)23(6,22(3,4)5)21(24)27-16-20-15-25-14-19-11-9-8-10-18(19)12-13-26-20/h17-20H,7-16H2,1-6H3. The highest BCUT2D eigenvalue weighted by Crippen LogP contribution is 2.46. The summed E-state index contributed by atoms with van der Waals surface area (Å²) in [5.41, 5.74) is -0.680. The third-order valence-electron chi connectivity index (χ3n) is 7.52. The molecule has 2 rings (SSSR count). The van der Waals surface area contributed by atoms with Crippen molar-refractivity contribution in [1.82, 2.24) is 0 Å². The number of carbonyl (C=O) groups excluding carboxylic acids is 1. The fraction of sp³-hybridized carbons (Fsp3) is 0.957. The predicted octanol–water partition coefficient (Wildman–Crippen LogP) is 5.24. The van der Waals surface area contributed by atoms with Gasteiger partial charge in [0.25, 0.3) is 0 Å². The molecule has 0 aromatic rings. The van der Waals surface area contributed by atoms with E-state index < -0.39 is 5.41 Å². The van der Waals surface area contributed by atoms with Crippen LogP contribution >= 0.6 is 0 Å². The van der Waals surface area contributed by atoms with Crippen molar-refractivity contribution in [3.8, 4) is 0 Å². The van der Waals surface area contributed by atoms with Gasteiger partial charge in [0.1, 0.15) is 12.7 Å². The van der Waals surface area contributed by atoms with E-state index in [0.29, 0.717) is 12.5 Å². The summed E-state index contributed by atoms with van der Waals surface area (Å²) in [4.78, 5) is 13.1. The van der Waals surface area contributed by atoms with Crippen LogP contribution in [0.25, 0.3) is 0 Å². The van der Waals surface area contributed by atoms with Crippen LogP contribution in [0.3, 0.4) is 0 Å². The van der Waals surface area contributed by atoms with E-state index >= 15 is 0 Å². The summed E-state index contributed by atoms with van der Waals surface area (Å²) < 4.78 is 17.8.